The van der Waals surface area contributed by atoms with E-state index in [1.807, 2.05) is 24.3 Å². The van der Waals surface area contributed by atoms with Crippen LogP contribution >= 0.6 is 0 Å². The molecule has 2 rings (SSSR count). The predicted octanol–water partition coefficient (Wildman–Crippen LogP) is 3.24. The van der Waals surface area contributed by atoms with Crippen LogP contribution in [0.2, 0.25) is 0 Å². The Labute approximate surface area is 116 Å². The third-order valence-electron chi connectivity index (χ3n) is 3.17. The zero-order chi connectivity index (χ0) is 13.5. The smallest absolute Gasteiger partial charge is 0.161 e. The van der Waals surface area contributed by atoms with Gasteiger partial charge in [-0.05, 0) is 31.4 Å². The molecular weight excluding hydrogens is 238 g/mol. The molecule has 0 spiro atoms. The lowest BCUT2D eigenvalue weighted by Gasteiger charge is -2.16. The quantitative estimate of drug-likeness (QED) is 0.742. The minimum absolute atomic E-state index is 0.514. The first-order valence-electron chi connectivity index (χ1n) is 7.37. The van der Waals surface area contributed by atoms with Crippen LogP contribution in [-0.2, 0) is 0 Å². The van der Waals surface area contributed by atoms with Gasteiger partial charge in [-0.3, -0.25) is 0 Å². The van der Waals surface area contributed by atoms with Crippen LogP contribution < -0.4 is 14.8 Å². The maximum absolute atomic E-state index is 5.88. The number of hydrogen-bond donors (Lipinski definition) is 1. The van der Waals surface area contributed by atoms with Crippen LogP contribution in [0, 0.1) is 5.92 Å². The van der Waals surface area contributed by atoms with Crippen molar-refractivity contribution in [3.8, 4) is 11.5 Å². The Bertz CT molecular complexity index is 377. The second-order valence-corrected chi connectivity index (χ2v) is 5.39. The highest BCUT2D eigenvalue weighted by molar-refractivity contribution is 5.39. The standard InChI is InChI=1S/C16H25NO2/c1-3-10-18-15-6-4-5-7-16(15)19-12-13(2)11-17-14-8-9-14/h4-7,13-14,17H,3,8-12H2,1-2H3. The Hall–Kier alpha value is -1.22. The summed E-state index contributed by atoms with van der Waals surface area (Å²) in [6, 6.07) is 8.68. The molecular formula is C16H25NO2. The lowest BCUT2D eigenvalue weighted by Crippen LogP contribution is -2.26. The van der Waals surface area contributed by atoms with Gasteiger partial charge < -0.3 is 14.8 Å². The van der Waals surface area contributed by atoms with E-state index in [9.17, 15) is 0 Å². The highest BCUT2D eigenvalue weighted by Gasteiger charge is 2.21. The van der Waals surface area contributed by atoms with Gasteiger partial charge in [-0.15, -0.1) is 0 Å². The van der Waals surface area contributed by atoms with Crippen LogP contribution in [0.5, 0.6) is 11.5 Å². The summed E-state index contributed by atoms with van der Waals surface area (Å²) in [4.78, 5) is 0. The molecule has 19 heavy (non-hydrogen) atoms. The molecule has 1 aromatic rings. The van der Waals surface area contributed by atoms with Crippen LogP contribution in [0.1, 0.15) is 33.1 Å². The molecule has 1 fully saturated rings. The average molecular weight is 263 g/mol. The summed E-state index contributed by atoms with van der Waals surface area (Å²) in [5.41, 5.74) is 0. The molecule has 3 heteroatoms. The van der Waals surface area contributed by atoms with Gasteiger partial charge in [0.05, 0.1) is 13.2 Å². The number of benzene rings is 1. The molecule has 1 saturated carbocycles. The van der Waals surface area contributed by atoms with Crippen molar-refractivity contribution >= 4 is 0 Å². The minimum atomic E-state index is 0.514. The first kappa shape index (κ1) is 14.2. The number of rotatable bonds is 9. The molecule has 1 aromatic carbocycles. The van der Waals surface area contributed by atoms with Crippen molar-refractivity contribution in [2.75, 3.05) is 19.8 Å². The summed E-state index contributed by atoms with van der Waals surface area (Å²) < 4.78 is 11.6. The van der Waals surface area contributed by atoms with E-state index >= 15 is 0 Å². The number of ether oxygens (including phenoxy) is 2. The number of hydrogen-bond acceptors (Lipinski definition) is 3. The monoisotopic (exact) mass is 263 g/mol. The molecule has 0 heterocycles. The molecule has 0 bridgehead atoms. The highest BCUT2D eigenvalue weighted by Crippen LogP contribution is 2.27. The Morgan fingerprint density at radius 3 is 2.53 bits per heavy atom. The van der Waals surface area contributed by atoms with Crippen molar-refractivity contribution in [3.05, 3.63) is 24.3 Å². The summed E-state index contributed by atoms with van der Waals surface area (Å²) in [6.45, 7) is 6.81. The van der Waals surface area contributed by atoms with Crippen LogP contribution in [0.25, 0.3) is 0 Å². The van der Waals surface area contributed by atoms with E-state index < -0.39 is 0 Å². The third-order valence-corrected chi connectivity index (χ3v) is 3.17. The van der Waals surface area contributed by atoms with Crippen molar-refractivity contribution in [3.63, 3.8) is 0 Å². The molecule has 1 unspecified atom stereocenters. The fourth-order valence-electron chi connectivity index (χ4n) is 1.85. The summed E-state index contributed by atoms with van der Waals surface area (Å²) in [6.07, 6.45) is 3.68. The van der Waals surface area contributed by atoms with E-state index in [0.29, 0.717) is 5.92 Å². The van der Waals surface area contributed by atoms with Gasteiger partial charge in [-0.25, -0.2) is 0 Å². The third kappa shape index (κ3) is 5.11. The number of para-hydroxylation sites is 2. The maximum atomic E-state index is 5.88. The summed E-state index contributed by atoms with van der Waals surface area (Å²) in [5.74, 6) is 2.22. The molecule has 0 aliphatic heterocycles. The predicted molar refractivity (Wildman–Crippen MR) is 77.9 cm³/mol. The van der Waals surface area contributed by atoms with Crippen molar-refractivity contribution in [2.24, 2.45) is 5.92 Å². The molecule has 0 amide bonds. The lowest BCUT2D eigenvalue weighted by molar-refractivity contribution is 0.234. The topological polar surface area (TPSA) is 30.5 Å². The van der Waals surface area contributed by atoms with E-state index in [1.165, 1.54) is 12.8 Å². The second kappa shape index (κ2) is 7.39. The fourth-order valence-corrected chi connectivity index (χ4v) is 1.85. The van der Waals surface area contributed by atoms with Crippen molar-refractivity contribution in [1.82, 2.24) is 5.32 Å². The Morgan fingerprint density at radius 1 is 1.21 bits per heavy atom. The van der Waals surface area contributed by atoms with Gasteiger partial charge in [0.15, 0.2) is 11.5 Å². The highest BCUT2D eigenvalue weighted by atomic mass is 16.5. The Morgan fingerprint density at radius 2 is 1.89 bits per heavy atom. The van der Waals surface area contributed by atoms with Gasteiger partial charge in [0.25, 0.3) is 0 Å². The van der Waals surface area contributed by atoms with Gasteiger partial charge >= 0.3 is 0 Å². The Kier molecular flexibility index (Phi) is 5.52. The molecule has 1 atom stereocenters. The lowest BCUT2D eigenvalue weighted by atomic mass is 10.2. The van der Waals surface area contributed by atoms with E-state index in [4.69, 9.17) is 9.47 Å². The van der Waals surface area contributed by atoms with Crippen LogP contribution in [0.15, 0.2) is 24.3 Å². The molecule has 3 nitrogen and oxygen atoms in total. The van der Waals surface area contributed by atoms with Gasteiger partial charge in [-0.1, -0.05) is 26.0 Å². The summed E-state index contributed by atoms with van der Waals surface area (Å²) in [5, 5.41) is 3.53. The van der Waals surface area contributed by atoms with Gasteiger partial charge in [0.2, 0.25) is 0 Å². The van der Waals surface area contributed by atoms with Crippen LogP contribution in [0.4, 0.5) is 0 Å². The van der Waals surface area contributed by atoms with E-state index in [0.717, 1.165) is 43.7 Å². The fraction of sp³-hybridized carbons (Fsp3) is 0.625. The van der Waals surface area contributed by atoms with Crippen molar-refractivity contribution in [1.29, 1.82) is 0 Å². The first-order valence-corrected chi connectivity index (χ1v) is 7.37. The zero-order valence-electron chi connectivity index (χ0n) is 12.0. The molecule has 106 valence electrons. The van der Waals surface area contributed by atoms with E-state index in [-0.39, 0.29) is 0 Å². The van der Waals surface area contributed by atoms with Gasteiger partial charge in [0.1, 0.15) is 0 Å². The normalized spacial score (nSPS) is 16.1. The van der Waals surface area contributed by atoms with Crippen molar-refractivity contribution < 1.29 is 9.47 Å². The largest absolute Gasteiger partial charge is 0.490 e. The minimum Gasteiger partial charge on any atom is -0.490 e. The summed E-state index contributed by atoms with van der Waals surface area (Å²) >= 11 is 0. The van der Waals surface area contributed by atoms with Gasteiger partial charge in [-0.2, -0.15) is 0 Å². The second-order valence-electron chi connectivity index (χ2n) is 5.39. The molecule has 1 N–H and O–H groups in total. The Balaban J connectivity index is 1.76. The molecule has 0 aromatic heterocycles. The van der Waals surface area contributed by atoms with Crippen LogP contribution in [0.3, 0.4) is 0 Å². The van der Waals surface area contributed by atoms with E-state index in [1.54, 1.807) is 0 Å². The average Bonchev–Trinajstić information content (AvgIpc) is 3.25. The van der Waals surface area contributed by atoms with Gasteiger partial charge in [0, 0.05) is 18.5 Å². The molecule has 0 saturated heterocycles. The maximum Gasteiger partial charge on any atom is 0.161 e. The first-order chi connectivity index (χ1) is 9.29. The summed E-state index contributed by atoms with van der Waals surface area (Å²) in [7, 11) is 0. The van der Waals surface area contributed by atoms with E-state index in [2.05, 4.69) is 19.2 Å². The SMILES string of the molecule is CCCOc1ccccc1OCC(C)CNC1CC1. The molecule has 0 radical (unpaired) electrons. The zero-order valence-corrected chi connectivity index (χ0v) is 12.0. The molecule has 1 aliphatic carbocycles. The molecule has 1 aliphatic rings. The number of nitrogens with one attached hydrogen (secondary N) is 1. The van der Waals surface area contributed by atoms with Crippen molar-refractivity contribution in [2.45, 2.75) is 39.2 Å². The van der Waals surface area contributed by atoms with Crippen LogP contribution in [-0.4, -0.2) is 25.8 Å².